The quantitative estimate of drug-likeness (QED) is 0.664. The van der Waals surface area contributed by atoms with Crippen LogP contribution in [0.3, 0.4) is 0 Å². The average Bonchev–Trinajstić information content (AvgIpc) is 2.76. The van der Waals surface area contributed by atoms with Crippen molar-refractivity contribution < 1.29 is 9.53 Å². The van der Waals surface area contributed by atoms with Gasteiger partial charge in [-0.3, -0.25) is 0 Å². The van der Waals surface area contributed by atoms with Crippen molar-refractivity contribution in [2.45, 2.75) is 6.92 Å². The summed E-state index contributed by atoms with van der Waals surface area (Å²) in [4.78, 5) is 25.4. The monoisotopic (exact) mass is 423 g/mol. The third-order valence-corrected chi connectivity index (χ3v) is 5.00. The molecule has 0 spiro atoms. The third-order valence-electron chi connectivity index (χ3n) is 4.75. The van der Waals surface area contributed by atoms with Gasteiger partial charge in [0.05, 0.1) is 0 Å². The zero-order valence-electron chi connectivity index (χ0n) is 16.6. The van der Waals surface area contributed by atoms with Gasteiger partial charge in [-0.15, -0.1) is 0 Å². The fourth-order valence-corrected chi connectivity index (χ4v) is 3.35. The molecule has 0 unspecified atom stereocenters. The number of nitrogens with zero attached hydrogens (tertiary/aromatic N) is 4. The van der Waals surface area contributed by atoms with Gasteiger partial charge in [-0.25, -0.2) is 9.78 Å². The van der Waals surface area contributed by atoms with Gasteiger partial charge in [-0.1, -0.05) is 29.8 Å². The highest BCUT2D eigenvalue weighted by molar-refractivity contribution is 6.30. The Labute approximate surface area is 180 Å². The van der Waals surface area contributed by atoms with Crippen LogP contribution in [0.5, 0.6) is 11.6 Å². The Hall–Kier alpha value is -3.32. The Morgan fingerprint density at radius 1 is 1.00 bits per heavy atom. The van der Waals surface area contributed by atoms with E-state index in [1.165, 1.54) is 0 Å². The van der Waals surface area contributed by atoms with Crippen LogP contribution in [0.1, 0.15) is 5.82 Å². The fraction of sp³-hybridized carbons (Fsp3) is 0.227. The smallest absolute Gasteiger partial charge is 0.321 e. The molecule has 154 valence electrons. The van der Waals surface area contributed by atoms with Crippen LogP contribution in [0, 0.1) is 6.92 Å². The molecule has 0 radical (unpaired) electrons. The van der Waals surface area contributed by atoms with Crippen LogP contribution in [0.4, 0.5) is 16.3 Å². The largest absolute Gasteiger partial charge is 0.439 e. The number of carbonyl (C=O) groups is 1. The van der Waals surface area contributed by atoms with E-state index < -0.39 is 0 Å². The molecule has 0 atom stereocenters. The molecule has 4 rings (SSSR count). The van der Waals surface area contributed by atoms with Crippen LogP contribution >= 0.6 is 11.6 Å². The van der Waals surface area contributed by atoms with Crippen molar-refractivity contribution in [1.82, 2.24) is 14.9 Å². The minimum atomic E-state index is -0.121. The summed E-state index contributed by atoms with van der Waals surface area (Å²) in [5.41, 5.74) is 0.723. The number of benzene rings is 2. The second-order valence-electron chi connectivity index (χ2n) is 6.94. The molecular formula is C22H22ClN5O2. The van der Waals surface area contributed by atoms with Crippen LogP contribution in [-0.4, -0.2) is 47.1 Å². The van der Waals surface area contributed by atoms with Crippen molar-refractivity contribution in [2.24, 2.45) is 0 Å². The number of ether oxygens (including phenoxy) is 1. The van der Waals surface area contributed by atoms with Gasteiger partial charge in [0.15, 0.2) is 0 Å². The molecule has 1 aliphatic heterocycles. The van der Waals surface area contributed by atoms with Crippen LogP contribution < -0.4 is 15.0 Å². The molecular weight excluding hydrogens is 402 g/mol. The Bertz CT molecular complexity index is 1010. The summed E-state index contributed by atoms with van der Waals surface area (Å²) in [6.07, 6.45) is 0. The molecule has 1 fully saturated rings. The number of hydrogen-bond donors (Lipinski definition) is 1. The number of nitrogens with one attached hydrogen (secondary N) is 1. The number of aryl methyl sites for hydroxylation is 1. The van der Waals surface area contributed by atoms with Crippen LogP contribution in [-0.2, 0) is 0 Å². The molecule has 7 nitrogen and oxygen atoms in total. The number of rotatable bonds is 4. The Kier molecular flexibility index (Phi) is 5.99. The maximum atomic E-state index is 12.5. The van der Waals surface area contributed by atoms with E-state index in [0.29, 0.717) is 42.9 Å². The van der Waals surface area contributed by atoms with Crippen LogP contribution in [0.25, 0.3) is 0 Å². The van der Waals surface area contributed by atoms with E-state index in [4.69, 9.17) is 16.3 Å². The lowest BCUT2D eigenvalue weighted by atomic mass is 10.3. The second-order valence-corrected chi connectivity index (χ2v) is 7.37. The standard InChI is InChI=1S/C22H22ClN5O2/c1-16-24-20(15-21(25-16)30-19-5-3-2-4-6-19)27-11-13-28(14-12-27)22(29)26-18-9-7-17(23)8-10-18/h2-10,15H,11-14H2,1H3,(H,26,29). The van der Waals surface area contributed by atoms with Gasteiger partial charge in [0.1, 0.15) is 17.4 Å². The average molecular weight is 424 g/mol. The van der Waals surface area contributed by atoms with Crippen molar-refractivity contribution in [2.75, 3.05) is 36.4 Å². The summed E-state index contributed by atoms with van der Waals surface area (Å²) in [6, 6.07) is 18.3. The maximum absolute atomic E-state index is 12.5. The highest BCUT2D eigenvalue weighted by Gasteiger charge is 2.23. The molecule has 2 heterocycles. The Morgan fingerprint density at radius 2 is 1.70 bits per heavy atom. The summed E-state index contributed by atoms with van der Waals surface area (Å²) in [6.45, 7) is 4.39. The van der Waals surface area contributed by atoms with E-state index in [2.05, 4.69) is 20.2 Å². The molecule has 2 amide bonds. The van der Waals surface area contributed by atoms with Gasteiger partial charge < -0.3 is 19.9 Å². The highest BCUT2D eigenvalue weighted by Crippen LogP contribution is 2.24. The van der Waals surface area contributed by atoms with Gasteiger partial charge in [-0.05, 0) is 43.3 Å². The number of aromatic nitrogens is 2. The predicted octanol–water partition coefficient (Wildman–Crippen LogP) is 4.58. The van der Waals surface area contributed by atoms with Crippen molar-refractivity contribution in [3.63, 3.8) is 0 Å². The SMILES string of the molecule is Cc1nc(Oc2ccccc2)cc(N2CCN(C(=O)Nc3ccc(Cl)cc3)CC2)n1. The minimum absolute atomic E-state index is 0.121. The number of halogens is 1. The first kappa shape index (κ1) is 20.0. The zero-order chi connectivity index (χ0) is 20.9. The lowest BCUT2D eigenvalue weighted by Gasteiger charge is -2.35. The molecule has 30 heavy (non-hydrogen) atoms. The Morgan fingerprint density at radius 3 is 2.40 bits per heavy atom. The van der Waals surface area contributed by atoms with Crippen molar-refractivity contribution in [3.8, 4) is 11.6 Å². The molecule has 1 aromatic heterocycles. The lowest BCUT2D eigenvalue weighted by Crippen LogP contribution is -2.50. The van der Waals surface area contributed by atoms with E-state index in [1.54, 1.807) is 29.2 Å². The van der Waals surface area contributed by atoms with Crippen molar-refractivity contribution in [3.05, 3.63) is 71.5 Å². The normalized spacial score (nSPS) is 13.8. The van der Waals surface area contributed by atoms with Crippen molar-refractivity contribution >= 4 is 29.1 Å². The summed E-state index contributed by atoms with van der Waals surface area (Å²) in [5, 5.41) is 3.54. The number of amides is 2. The van der Waals surface area contributed by atoms with Gasteiger partial charge in [-0.2, -0.15) is 4.98 Å². The lowest BCUT2D eigenvalue weighted by molar-refractivity contribution is 0.208. The third kappa shape index (κ3) is 4.99. The van der Waals surface area contributed by atoms with Crippen LogP contribution in [0.2, 0.25) is 5.02 Å². The van der Waals surface area contributed by atoms with Gasteiger partial charge in [0, 0.05) is 43.0 Å². The van der Waals surface area contributed by atoms with E-state index in [0.717, 1.165) is 17.3 Å². The summed E-state index contributed by atoms with van der Waals surface area (Å²) in [7, 11) is 0. The second kappa shape index (κ2) is 9.00. The topological polar surface area (TPSA) is 70.6 Å². The summed E-state index contributed by atoms with van der Waals surface area (Å²) in [5.74, 6) is 2.67. The molecule has 0 aliphatic carbocycles. The van der Waals surface area contributed by atoms with E-state index >= 15 is 0 Å². The van der Waals surface area contributed by atoms with Crippen LogP contribution in [0.15, 0.2) is 60.7 Å². The molecule has 1 saturated heterocycles. The number of anilines is 2. The Balaban J connectivity index is 1.37. The van der Waals surface area contributed by atoms with E-state index in [1.807, 2.05) is 43.3 Å². The molecule has 1 N–H and O–H groups in total. The molecule has 8 heteroatoms. The highest BCUT2D eigenvalue weighted by atomic mass is 35.5. The number of urea groups is 1. The molecule has 1 aliphatic rings. The summed E-state index contributed by atoms with van der Waals surface area (Å²) >= 11 is 5.89. The van der Waals surface area contributed by atoms with E-state index in [-0.39, 0.29) is 6.03 Å². The first-order valence-corrected chi connectivity index (χ1v) is 10.1. The first-order chi connectivity index (χ1) is 14.6. The van der Waals surface area contributed by atoms with Gasteiger partial charge in [0.2, 0.25) is 5.88 Å². The van der Waals surface area contributed by atoms with E-state index in [9.17, 15) is 4.79 Å². The number of hydrogen-bond acceptors (Lipinski definition) is 5. The first-order valence-electron chi connectivity index (χ1n) is 9.72. The predicted molar refractivity (Wildman–Crippen MR) is 118 cm³/mol. The number of carbonyl (C=O) groups excluding carboxylic acids is 1. The molecule has 0 bridgehead atoms. The minimum Gasteiger partial charge on any atom is -0.439 e. The molecule has 2 aromatic carbocycles. The fourth-order valence-electron chi connectivity index (χ4n) is 3.22. The van der Waals surface area contributed by atoms with Crippen molar-refractivity contribution in [1.29, 1.82) is 0 Å². The number of piperazine rings is 1. The maximum Gasteiger partial charge on any atom is 0.321 e. The van der Waals surface area contributed by atoms with Gasteiger partial charge in [0.25, 0.3) is 0 Å². The van der Waals surface area contributed by atoms with Gasteiger partial charge >= 0.3 is 6.03 Å². The molecule has 0 saturated carbocycles. The number of para-hydroxylation sites is 1. The zero-order valence-corrected chi connectivity index (χ0v) is 17.3. The molecule has 3 aromatic rings. The summed E-state index contributed by atoms with van der Waals surface area (Å²) < 4.78 is 5.86.